The lowest BCUT2D eigenvalue weighted by Gasteiger charge is -2.45. The van der Waals surface area contributed by atoms with Crippen molar-refractivity contribution in [3.05, 3.63) is 0 Å². The van der Waals surface area contributed by atoms with E-state index in [-0.39, 0.29) is 6.10 Å². The van der Waals surface area contributed by atoms with Gasteiger partial charge < -0.3 is 5.11 Å². The topological polar surface area (TPSA) is 23.5 Å². The first-order chi connectivity index (χ1) is 7.08. The quantitative estimate of drug-likeness (QED) is 0.720. The molecule has 1 heterocycles. The molecule has 0 aromatic rings. The number of rotatable bonds is 1. The van der Waals surface area contributed by atoms with Crippen LogP contribution in [0.2, 0.25) is 0 Å². The predicted octanol–water partition coefficient (Wildman–Crippen LogP) is 2.41. The molecular weight excluding hydrogens is 186 g/mol. The molecule has 1 aliphatic heterocycles. The first kappa shape index (κ1) is 11.4. The van der Waals surface area contributed by atoms with E-state index in [1.54, 1.807) is 0 Å². The summed E-state index contributed by atoms with van der Waals surface area (Å²) >= 11 is 0. The smallest absolute Gasteiger partial charge is 0.0695 e. The predicted molar refractivity (Wildman–Crippen MR) is 62.9 cm³/mol. The third kappa shape index (κ3) is 2.73. The fourth-order valence-corrected chi connectivity index (χ4v) is 3.27. The van der Waals surface area contributed by atoms with Gasteiger partial charge >= 0.3 is 0 Å². The van der Waals surface area contributed by atoms with Crippen LogP contribution in [-0.4, -0.2) is 35.2 Å². The highest BCUT2D eigenvalue weighted by Crippen LogP contribution is 2.33. The lowest BCUT2D eigenvalue weighted by atomic mass is 9.81. The third-order valence-corrected chi connectivity index (χ3v) is 4.09. The van der Waals surface area contributed by atoms with Crippen molar-refractivity contribution in [1.29, 1.82) is 0 Å². The van der Waals surface area contributed by atoms with Gasteiger partial charge in [-0.25, -0.2) is 0 Å². The van der Waals surface area contributed by atoms with Crippen LogP contribution in [0.15, 0.2) is 0 Å². The maximum absolute atomic E-state index is 10.0. The van der Waals surface area contributed by atoms with Crippen LogP contribution in [0.1, 0.15) is 52.4 Å². The van der Waals surface area contributed by atoms with E-state index in [2.05, 4.69) is 18.7 Å². The van der Waals surface area contributed by atoms with Crippen molar-refractivity contribution in [3.63, 3.8) is 0 Å². The molecule has 88 valence electrons. The van der Waals surface area contributed by atoms with E-state index < -0.39 is 0 Å². The molecule has 2 atom stereocenters. The average molecular weight is 211 g/mol. The van der Waals surface area contributed by atoms with Gasteiger partial charge in [0.15, 0.2) is 0 Å². The normalized spacial score (nSPS) is 37.8. The van der Waals surface area contributed by atoms with Crippen molar-refractivity contribution < 1.29 is 5.11 Å². The van der Waals surface area contributed by atoms with Gasteiger partial charge in [-0.15, -0.1) is 0 Å². The Morgan fingerprint density at radius 1 is 1.13 bits per heavy atom. The van der Waals surface area contributed by atoms with E-state index in [0.29, 0.717) is 11.5 Å². The highest BCUT2D eigenvalue weighted by atomic mass is 16.3. The van der Waals surface area contributed by atoms with E-state index in [1.807, 2.05) is 0 Å². The molecule has 15 heavy (non-hydrogen) atoms. The number of hydrogen-bond donors (Lipinski definition) is 1. The molecule has 0 aromatic carbocycles. The largest absolute Gasteiger partial charge is 0.391 e. The minimum atomic E-state index is -0.0624. The van der Waals surface area contributed by atoms with Gasteiger partial charge in [0.2, 0.25) is 0 Å². The minimum Gasteiger partial charge on any atom is -0.391 e. The molecule has 2 rings (SSSR count). The van der Waals surface area contributed by atoms with Gasteiger partial charge in [-0.1, -0.05) is 26.7 Å². The molecule has 2 fully saturated rings. The monoisotopic (exact) mass is 211 g/mol. The van der Waals surface area contributed by atoms with Crippen LogP contribution in [0.25, 0.3) is 0 Å². The maximum atomic E-state index is 10.0. The van der Waals surface area contributed by atoms with Gasteiger partial charge in [0, 0.05) is 12.6 Å². The first-order valence-electron chi connectivity index (χ1n) is 6.51. The minimum absolute atomic E-state index is 0.0624. The summed E-state index contributed by atoms with van der Waals surface area (Å²) in [6, 6.07) is 0.457. The van der Waals surface area contributed by atoms with E-state index >= 15 is 0 Å². The van der Waals surface area contributed by atoms with Gasteiger partial charge in [-0.3, -0.25) is 4.90 Å². The molecule has 2 nitrogen and oxygen atoms in total. The Balaban J connectivity index is 1.96. The number of aliphatic hydroxyl groups is 1. The molecule has 0 amide bonds. The Hall–Kier alpha value is -0.0800. The third-order valence-electron chi connectivity index (χ3n) is 4.09. The molecular formula is C13H25NO. The van der Waals surface area contributed by atoms with Gasteiger partial charge in [0.05, 0.1) is 6.10 Å². The van der Waals surface area contributed by atoms with Crippen LogP contribution in [0.3, 0.4) is 0 Å². The standard InChI is InChI=1S/C13H25NO/c1-13(2)8-5-9-14(10-13)11-6-3-4-7-12(11)15/h11-12,15H,3-10H2,1-2H3. The van der Waals surface area contributed by atoms with Crippen LogP contribution in [-0.2, 0) is 0 Å². The highest BCUT2D eigenvalue weighted by molar-refractivity contribution is 4.88. The summed E-state index contributed by atoms with van der Waals surface area (Å²) < 4.78 is 0. The van der Waals surface area contributed by atoms with Crippen LogP contribution in [0, 0.1) is 5.41 Å². The maximum Gasteiger partial charge on any atom is 0.0695 e. The fraction of sp³-hybridized carbons (Fsp3) is 1.00. The summed E-state index contributed by atoms with van der Waals surface area (Å²) in [5.41, 5.74) is 0.454. The number of hydrogen-bond acceptors (Lipinski definition) is 2. The Labute approximate surface area is 93.7 Å². The molecule has 0 aromatic heterocycles. The van der Waals surface area contributed by atoms with E-state index in [9.17, 15) is 5.11 Å². The Morgan fingerprint density at radius 2 is 1.87 bits per heavy atom. The number of likely N-dealkylation sites (tertiary alicyclic amines) is 1. The second kappa shape index (κ2) is 4.42. The molecule has 1 saturated heterocycles. The number of nitrogens with zero attached hydrogens (tertiary/aromatic N) is 1. The zero-order valence-electron chi connectivity index (χ0n) is 10.2. The highest BCUT2D eigenvalue weighted by Gasteiger charge is 2.34. The average Bonchev–Trinajstić information content (AvgIpc) is 2.17. The lowest BCUT2D eigenvalue weighted by Crippen LogP contribution is -2.51. The zero-order valence-corrected chi connectivity index (χ0v) is 10.2. The number of piperidine rings is 1. The summed E-state index contributed by atoms with van der Waals surface area (Å²) in [6.45, 7) is 7.09. The van der Waals surface area contributed by atoms with Crippen LogP contribution < -0.4 is 0 Å². The van der Waals surface area contributed by atoms with Crippen molar-refractivity contribution in [3.8, 4) is 0 Å². The Bertz CT molecular complexity index is 215. The summed E-state index contributed by atoms with van der Waals surface area (Å²) in [5, 5.41) is 10.0. The van der Waals surface area contributed by atoms with Gasteiger partial charge in [0.25, 0.3) is 0 Å². The molecule has 0 spiro atoms. The zero-order chi connectivity index (χ0) is 10.9. The van der Waals surface area contributed by atoms with Crippen molar-refractivity contribution in [2.45, 2.75) is 64.5 Å². The summed E-state index contributed by atoms with van der Waals surface area (Å²) in [5.74, 6) is 0. The van der Waals surface area contributed by atoms with Gasteiger partial charge in [-0.05, 0) is 37.6 Å². The van der Waals surface area contributed by atoms with E-state index in [0.717, 1.165) is 6.42 Å². The molecule has 2 aliphatic rings. The Morgan fingerprint density at radius 3 is 2.53 bits per heavy atom. The molecule has 0 radical (unpaired) electrons. The van der Waals surface area contributed by atoms with Crippen molar-refractivity contribution in [2.75, 3.05) is 13.1 Å². The second-order valence-electron chi connectivity index (χ2n) is 6.16. The molecule has 0 bridgehead atoms. The molecule has 1 aliphatic carbocycles. The van der Waals surface area contributed by atoms with Crippen LogP contribution in [0.5, 0.6) is 0 Å². The molecule has 2 unspecified atom stereocenters. The molecule has 2 heteroatoms. The van der Waals surface area contributed by atoms with Crippen molar-refractivity contribution >= 4 is 0 Å². The SMILES string of the molecule is CC1(C)CCCN(C2CCCCC2O)C1. The lowest BCUT2D eigenvalue weighted by molar-refractivity contribution is -0.0143. The van der Waals surface area contributed by atoms with Crippen molar-refractivity contribution in [2.24, 2.45) is 5.41 Å². The van der Waals surface area contributed by atoms with Gasteiger partial charge in [0.1, 0.15) is 0 Å². The summed E-state index contributed by atoms with van der Waals surface area (Å²) in [7, 11) is 0. The van der Waals surface area contributed by atoms with E-state index in [4.69, 9.17) is 0 Å². The van der Waals surface area contributed by atoms with Crippen molar-refractivity contribution in [1.82, 2.24) is 4.90 Å². The summed E-state index contributed by atoms with van der Waals surface area (Å²) in [4.78, 5) is 2.55. The first-order valence-corrected chi connectivity index (χ1v) is 6.51. The fourth-order valence-electron chi connectivity index (χ4n) is 3.27. The Kier molecular flexibility index (Phi) is 3.36. The molecule has 1 saturated carbocycles. The van der Waals surface area contributed by atoms with E-state index in [1.165, 1.54) is 45.2 Å². The number of aliphatic hydroxyl groups excluding tert-OH is 1. The molecule has 1 N–H and O–H groups in total. The van der Waals surface area contributed by atoms with Crippen LogP contribution in [0.4, 0.5) is 0 Å². The second-order valence-corrected chi connectivity index (χ2v) is 6.16. The van der Waals surface area contributed by atoms with Crippen LogP contribution >= 0.6 is 0 Å². The summed E-state index contributed by atoms with van der Waals surface area (Å²) in [6.07, 6.45) is 7.32. The van der Waals surface area contributed by atoms with Gasteiger partial charge in [-0.2, -0.15) is 0 Å².